The molecule has 0 saturated heterocycles. The Hall–Kier alpha value is 0.297. The van der Waals surface area contributed by atoms with E-state index in [-0.39, 0.29) is 5.97 Å². The third kappa shape index (κ3) is 18.9. The summed E-state index contributed by atoms with van der Waals surface area (Å²) in [4.78, 5) is 10.6. The fraction of sp³-hybridized carbons (Fsp3) is 0.571. The molecule has 0 aromatic rings. The van der Waals surface area contributed by atoms with Gasteiger partial charge in [-0.2, -0.15) is 0 Å². The second-order valence-electron chi connectivity index (χ2n) is 2.16. The Kier molecular flexibility index (Phi) is 12.6. The van der Waals surface area contributed by atoms with Gasteiger partial charge in [0, 0.05) is 5.57 Å². The molecule has 2 nitrogen and oxygen atoms in total. The summed E-state index contributed by atoms with van der Waals surface area (Å²) in [6.45, 7) is 5.79. The van der Waals surface area contributed by atoms with Crippen molar-refractivity contribution in [1.82, 2.24) is 0 Å². The van der Waals surface area contributed by atoms with Crippen molar-refractivity contribution in [2.45, 2.75) is 20.3 Å². The molecule has 0 aliphatic heterocycles. The van der Waals surface area contributed by atoms with E-state index in [0.29, 0.717) is 12.2 Å². The molecule has 0 rings (SSSR count). The average molecular weight is 264 g/mol. The highest BCUT2D eigenvalue weighted by atomic mass is 35.8. The monoisotopic (exact) mass is 262 g/mol. The number of halogens is 3. The number of esters is 1. The van der Waals surface area contributed by atoms with Crippen LogP contribution in [0.3, 0.4) is 0 Å². The SMILES string of the molecule is C=C(C)C(=O)OCCC.Cl[SiH](Cl)Cl. The summed E-state index contributed by atoms with van der Waals surface area (Å²) in [6, 6.07) is 0. The lowest BCUT2D eigenvalue weighted by Gasteiger charge is -1.99. The number of rotatable bonds is 3. The predicted octanol–water partition coefficient (Wildman–Crippen LogP) is 2.94. The molecular formula is C7H13Cl3O2Si. The first kappa shape index (κ1) is 15.8. The molecule has 0 unspecified atom stereocenters. The summed E-state index contributed by atoms with van der Waals surface area (Å²) in [5, 5.41) is 0. The van der Waals surface area contributed by atoms with Gasteiger partial charge in [-0.05, 0) is 13.3 Å². The smallest absolute Gasteiger partial charge is 0.333 e. The highest BCUT2D eigenvalue weighted by molar-refractivity contribution is 7.54. The number of hydrogen-bond acceptors (Lipinski definition) is 2. The van der Waals surface area contributed by atoms with Crippen molar-refractivity contribution in [3.63, 3.8) is 0 Å². The lowest BCUT2D eigenvalue weighted by atomic mass is 10.4. The lowest BCUT2D eigenvalue weighted by Crippen LogP contribution is -2.04. The predicted molar refractivity (Wildman–Crippen MR) is 60.8 cm³/mol. The van der Waals surface area contributed by atoms with Gasteiger partial charge in [0.15, 0.2) is 0 Å². The van der Waals surface area contributed by atoms with Crippen molar-refractivity contribution in [2.24, 2.45) is 0 Å². The van der Waals surface area contributed by atoms with E-state index in [1.54, 1.807) is 6.92 Å². The van der Waals surface area contributed by atoms with Gasteiger partial charge < -0.3 is 4.74 Å². The zero-order valence-electron chi connectivity index (χ0n) is 7.65. The Balaban J connectivity index is 0. The Morgan fingerprint density at radius 2 is 1.85 bits per heavy atom. The van der Waals surface area contributed by atoms with Gasteiger partial charge in [0.05, 0.1) is 6.61 Å². The molecule has 13 heavy (non-hydrogen) atoms. The van der Waals surface area contributed by atoms with Crippen LogP contribution in [0.15, 0.2) is 12.2 Å². The van der Waals surface area contributed by atoms with Crippen LogP contribution in [0.4, 0.5) is 0 Å². The number of ether oxygens (including phenoxy) is 1. The quantitative estimate of drug-likeness (QED) is 0.339. The topological polar surface area (TPSA) is 26.3 Å². The van der Waals surface area contributed by atoms with Crippen molar-refractivity contribution in [3.05, 3.63) is 12.2 Å². The summed E-state index contributed by atoms with van der Waals surface area (Å²) in [7, 11) is 0. The van der Waals surface area contributed by atoms with E-state index < -0.39 is 6.73 Å². The highest BCUT2D eigenvalue weighted by Gasteiger charge is 1.99. The zero-order valence-corrected chi connectivity index (χ0v) is 11.1. The molecule has 0 aliphatic carbocycles. The van der Waals surface area contributed by atoms with Crippen molar-refractivity contribution >= 4 is 45.9 Å². The van der Waals surface area contributed by atoms with Crippen LogP contribution in [-0.4, -0.2) is 19.3 Å². The minimum Gasteiger partial charge on any atom is -0.462 e. The number of hydrogen-bond donors (Lipinski definition) is 0. The molecule has 0 saturated carbocycles. The number of carbonyl (C=O) groups is 1. The molecule has 0 aromatic heterocycles. The van der Waals surface area contributed by atoms with E-state index in [1.165, 1.54) is 0 Å². The Morgan fingerprint density at radius 1 is 1.46 bits per heavy atom. The maximum absolute atomic E-state index is 10.6. The lowest BCUT2D eigenvalue weighted by molar-refractivity contribution is -0.138. The molecule has 0 fully saturated rings. The van der Waals surface area contributed by atoms with Crippen LogP contribution >= 0.6 is 33.2 Å². The van der Waals surface area contributed by atoms with Gasteiger partial charge in [-0.15, -0.1) is 33.2 Å². The molecule has 0 N–H and O–H groups in total. The summed E-state index contributed by atoms with van der Waals surface area (Å²) >= 11 is 14.8. The molecule has 0 aliphatic rings. The standard InChI is InChI=1S/C7H12O2.Cl3HSi/c1-4-5-9-7(8)6(2)3;1-4(2)3/h2,4-5H2,1,3H3;4H. The molecule has 0 aromatic carbocycles. The third-order valence-electron chi connectivity index (χ3n) is 0.786. The van der Waals surface area contributed by atoms with Gasteiger partial charge in [-0.1, -0.05) is 13.5 Å². The Bertz CT molecular complexity index is 159. The van der Waals surface area contributed by atoms with Gasteiger partial charge in [0.1, 0.15) is 0 Å². The first-order chi connectivity index (χ1) is 5.91. The third-order valence-corrected chi connectivity index (χ3v) is 0.786. The van der Waals surface area contributed by atoms with Gasteiger partial charge in [0.25, 0.3) is 0 Å². The molecule has 0 bridgehead atoms. The molecule has 0 atom stereocenters. The summed E-state index contributed by atoms with van der Waals surface area (Å²) in [5.74, 6) is -0.295. The normalized spacial score (nSPS) is 8.77. The van der Waals surface area contributed by atoms with Gasteiger partial charge in [-0.3, -0.25) is 0 Å². The van der Waals surface area contributed by atoms with Crippen LogP contribution < -0.4 is 0 Å². The fourth-order valence-electron chi connectivity index (χ4n) is 0.318. The van der Waals surface area contributed by atoms with Crippen molar-refractivity contribution in [3.8, 4) is 0 Å². The first-order valence-corrected chi connectivity index (χ1v) is 8.90. The minimum absolute atomic E-state index is 0.295. The van der Waals surface area contributed by atoms with Crippen molar-refractivity contribution < 1.29 is 9.53 Å². The van der Waals surface area contributed by atoms with Crippen molar-refractivity contribution in [2.75, 3.05) is 6.61 Å². The van der Waals surface area contributed by atoms with Crippen LogP contribution in [-0.2, 0) is 9.53 Å². The summed E-state index contributed by atoms with van der Waals surface area (Å²) in [5.41, 5.74) is 0.462. The van der Waals surface area contributed by atoms with Gasteiger partial charge in [-0.25, -0.2) is 4.79 Å². The maximum atomic E-state index is 10.6. The minimum atomic E-state index is -1.72. The van der Waals surface area contributed by atoms with Crippen LogP contribution in [0.2, 0.25) is 0 Å². The van der Waals surface area contributed by atoms with Crippen molar-refractivity contribution in [1.29, 1.82) is 0 Å². The van der Waals surface area contributed by atoms with Crippen LogP contribution in [0, 0.1) is 0 Å². The number of carbonyl (C=O) groups excluding carboxylic acids is 1. The van der Waals surface area contributed by atoms with E-state index >= 15 is 0 Å². The first-order valence-electron chi connectivity index (χ1n) is 3.66. The van der Waals surface area contributed by atoms with Crippen LogP contribution in [0.25, 0.3) is 0 Å². The second kappa shape index (κ2) is 10.4. The van der Waals surface area contributed by atoms with Gasteiger partial charge >= 0.3 is 12.7 Å². The Morgan fingerprint density at radius 3 is 2.08 bits per heavy atom. The molecule has 0 spiro atoms. The Labute approximate surface area is 94.5 Å². The van der Waals surface area contributed by atoms with E-state index in [0.717, 1.165) is 6.42 Å². The van der Waals surface area contributed by atoms with Crippen LogP contribution in [0.5, 0.6) is 0 Å². The molecule has 0 radical (unpaired) electrons. The zero-order chi connectivity index (χ0) is 10.9. The molecule has 0 heterocycles. The molecule has 6 heteroatoms. The summed E-state index contributed by atoms with van der Waals surface area (Å²) < 4.78 is 4.71. The molecule has 0 amide bonds. The second-order valence-corrected chi connectivity index (χ2v) is 8.60. The largest absolute Gasteiger partial charge is 0.462 e. The molecular weight excluding hydrogens is 251 g/mol. The van der Waals surface area contributed by atoms with E-state index in [1.807, 2.05) is 6.92 Å². The molecule has 78 valence electrons. The fourth-order valence-corrected chi connectivity index (χ4v) is 0.318. The highest BCUT2D eigenvalue weighted by Crippen LogP contribution is 1.97. The van der Waals surface area contributed by atoms with Gasteiger partial charge in [0.2, 0.25) is 0 Å². The van der Waals surface area contributed by atoms with E-state index in [9.17, 15) is 4.79 Å². The van der Waals surface area contributed by atoms with E-state index in [4.69, 9.17) is 38.0 Å². The average Bonchev–Trinajstić information content (AvgIpc) is 1.98. The summed E-state index contributed by atoms with van der Waals surface area (Å²) in [6.07, 6.45) is 0.860. The van der Waals surface area contributed by atoms with E-state index in [2.05, 4.69) is 6.58 Å². The maximum Gasteiger partial charge on any atom is 0.333 e. The van der Waals surface area contributed by atoms with Crippen LogP contribution in [0.1, 0.15) is 20.3 Å².